The fraction of sp³-hybridized carbons (Fsp3) is 0.200. The average Bonchev–Trinajstić information content (AvgIpc) is 3.62. The predicted molar refractivity (Wildman–Crippen MR) is 174 cm³/mol. The molecule has 0 fully saturated rings. The minimum absolute atomic E-state index is 0.101. The Morgan fingerprint density at radius 1 is 0.652 bits per heavy atom. The molecule has 4 aromatic rings. The average molecular weight is 806 g/mol. The number of hydrogen-bond acceptors (Lipinski definition) is 8. The van der Waals surface area contributed by atoms with Gasteiger partial charge in [0.1, 0.15) is 21.1 Å². The van der Waals surface area contributed by atoms with Crippen molar-refractivity contribution < 1.29 is 46.2 Å². The number of alkyl halides is 4. The molecule has 2 N–H and O–H groups in total. The number of halogens is 6. The van der Waals surface area contributed by atoms with E-state index in [4.69, 9.17) is 9.47 Å². The van der Waals surface area contributed by atoms with Gasteiger partial charge in [0.2, 0.25) is 0 Å². The summed E-state index contributed by atoms with van der Waals surface area (Å²) in [5.41, 5.74) is 0.647. The second-order valence-corrected chi connectivity index (χ2v) is 12.8. The normalized spacial score (nSPS) is 11.6. The molecule has 0 aliphatic rings. The van der Waals surface area contributed by atoms with E-state index in [0.29, 0.717) is 42.7 Å². The van der Waals surface area contributed by atoms with E-state index in [2.05, 4.69) is 31.9 Å². The Labute approximate surface area is 284 Å². The van der Waals surface area contributed by atoms with Gasteiger partial charge in [0.15, 0.2) is 0 Å². The van der Waals surface area contributed by atoms with Gasteiger partial charge < -0.3 is 20.1 Å². The number of hydrogen-bond donors (Lipinski definition) is 2. The van der Waals surface area contributed by atoms with Crippen molar-refractivity contribution in [2.75, 3.05) is 23.8 Å². The molecule has 0 atom stereocenters. The SMILES string of the molecule is CCOC(=O)c1c(-c2ccc(Br)cc2)csc1NC(=O)C(F)(F)C(F)(F)C(=O)Nc1scc(-c2ccc(Br)cc2)c1C(=O)OCC. The highest BCUT2D eigenvalue weighted by atomic mass is 79.9. The number of amides is 2. The van der Waals surface area contributed by atoms with E-state index >= 15 is 17.6 Å². The molecule has 2 amide bonds. The number of carbonyl (C=O) groups excluding carboxylic acids is 4. The van der Waals surface area contributed by atoms with E-state index < -0.39 is 45.6 Å². The van der Waals surface area contributed by atoms with Crippen LogP contribution in [0.1, 0.15) is 34.6 Å². The Bertz CT molecular complexity index is 1650. The van der Waals surface area contributed by atoms with Gasteiger partial charge in [-0.25, -0.2) is 9.59 Å². The molecule has 2 heterocycles. The number of nitrogens with one attached hydrogen (secondary N) is 2. The van der Waals surface area contributed by atoms with Crippen molar-refractivity contribution in [3.63, 3.8) is 0 Å². The van der Waals surface area contributed by atoms with Crippen LogP contribution < -0.4 is 10.6 Å². The standard InChI is InChI=1S/C30H22Br2F4N2O6S2/c1-3-43-25(39)21-19(15-5-9-17(31)10-6-15)13-45-23(21)37-27(41)29(33,34)30(35,36)28(42)38-24-22(26(40)44-4-2)20(14-46-24)16-7-11-18(32)12-8-16/h5-14H,3-4H2,1-2H3,(H,37,41)(H,38,42). The molecule has 0 spiro atoms. The van der Waals surface area contributed by atoms with Gasteiger partial charge in [-0.15, -0.1) is 22.7 Å². The number of benzene rings is 2. The van der Waals surface area contributed by atoms with Crippen LogP contribution in [-0.2, 0) is 19.1 Å². The maximum atomic E-state index is 15.1. The smallest absolute Gasteiger partial charge is 0.396 e. The van der Waals surface area contributed by atoms with E-state index in [1.54, 1.807) is 59.2 Å². The molecule has 8 nitrogen and oxygen atoms in total. The van der Waals surface area contributed by atoms with Crippen LogP contribution >= 0.6 is 54.5 Å². The Hall–Kier alpha value is -3.60. The summed E-state index contributed by atoms with van der Waals surface area (Å²) in [6.07, 6.45) is 0. The van der Waals surface area contributed by atoms with Crippen LogP contribution in [0.4, 0.5) is 27.6 Å². The summed E-state index contributed by atoms with van der Waals surface area (Å²) in [5.74, 6) is -18.3. The fourth-order valence-electron chi connectivity index (χ4n) is 4.04. The Balaban J connectivity index is 1.63. The molecule has 2 aromatic heterocycles. The summed E-state index contributed by atoms with van der Waals surface area (Å²) in [4.78, 5) is 50.9. The number of carbonyl (C=O) groups is 4. The van der Waals surface area contributed by atoms with Gasteiger partial charge in [-0.05, 0) is 49.2 Å². The highest BCUT2D eigenvalue weighted by Gasteiger charge is 2.67. The van der Waals surface area contributed by atoms with Crippen molar-refractivity contribution in [3.05, 3.63) is 79.4 Å². The minimum atomic E-state index is -5.61. The van der Waals surface area contributed by atoms with Gasteiger partial charge in [-0.3, -0.25) is 9.59 Å². The number of thiophene rings is 2. The highest BCUT2D eigenvalue weighted by Crippen LogP contribution is 2.42. The zero-order valence-electron chi connectivity index (χ0n) is 23.7. The summed E-state index contributed by atoms with van der Waals surface area (Å²) in [5, 5.41) is 5.11. The topological polar surface area (TPSA) is 111 Å². The van der Waals surface area contributed by atoms with Crippen molar-refractivity contribution in [2.24, 2.45) is 0 Å². The third kappa shape index (κ3) is 7.19. The quantitative estimate of drug-likeness (QED) is 0.116. The lowest BCUT2D eigenvalue weighted by Crippen LogP contribution is -2.56. The molecule has 242 valence electrons. The molecule has 0 saturated carbocycles. The van der Waals surface area contributed by atoms with Crippen molar-refractivity contribution in [1.29, 1.82) is 0 Å². The fourth-order valence-corrected chi connectivity index (χ4v) is 6.48. The summed E-state index contributed by atoms with van der Waals surface area (Å²) in [6, 6.07) is 13.0. The largest absolute Gasteiger partial charge is 0.462 e. The molecule has 0 radical (unpaired) electrons. The molecule has 0 aliphatic carbocycles. The van der Waals surface area contributed by atoms with Gasteiger partial charge in [0, 0.05) is 30.8 Å². The zero-order chi connectivity index (χ0) is 33.8. The maximum absolute atomic E-state index is 15.1. The third-order valence-electron chi connectivity index (χ3n) is 6.27. The van der Waals surface area contributed by atoms with Gasteiger partial charge in [-0.2, -0.15) is 17.6 Å². The van der Waals surface area contributed by atoms with Crippen LogP contribution in [0.5, 0.6) is 0 Å². The number of ether oxygens (including phenoxy) is 2. The van der Waals surface area contributed by atoms with E-state index in [1.807, 2.05) is 0 Å². The van der Waals surface area contributed by atoms with E-state index in [0.717, 1.165) is 0 Å². The first-order chi connectivity index (χ1) is 21.7. The van der Waals surface area contributed by atoms with Gasteiger partial charge in [0.25, 0.3) is 0 Å². The van der Waals surface area contributed by atoms with Crippen molar-refractivity contribution in [3.8, 4) is 22.3 Å². The van der Waals surface area contributed by atoms with Crippen molar-refractivity contribution >= 4 is 88.3 Å². The monoisotopic (exact) mass is 804 g/mol. The molecule has 0 aliphatic heterocycles. The summed E-state index contributed by atoms with van der Waals surface area (Å²) < 4.78 is 72.0. The first-order valence-corrected chi connectivity index (χ1v) is 16.5. The van der Waals surface area contributed by atoms with Gasteiger partial charge >= 0.3 is 35.6 Å². The molecular formula is C30H22Br2F4N2O6S2. The minimum Gasteiger partial charge on any atom is -0.462 e. The van der Waals surface area contributed by atoms with E-state index in [9.17, 15) is 19.2 Å². The molecular weight excluding hydrogens is 784 g/mol. The molecule has 0 saturated heterocycles. The Morgan fingerprint density at radius 3 is 1.28 bits per heavy atom. The number of rotatable bonds is 11. The summed E-state index contributed by atoms with van der Waals surface area (Å²) in [6.45, 7) is 2.79. The lowest BCUT2D eigenvalue weighted by molar-refractivity contribution is -0.204. The van der Waals surface area contributed by atoms with E-state index in [1.165, 1.54) is 24.6 Å². The molecule has 0 unspecified atom stereocenters. The van der Waals surface area contributed by atoms with Crippen molar-refractivity contribution in [1.82, 2.24) is 0 Å². The lowest BCUT2D eigenvalue weighted by atomic mass is 10.0. The molecule has 0 bridgehead atoms. The van der Waals surface area contributed by atoms with Crippen LogP contribution in [0.25, 0.3) is 22.3 Å². The molecule has 4 rings (SSSR count). The first kappa shape index (κ1) is 35.3. The van der Waals surface area contributed by atoms with Gasteiger partial charge in [-0.1, -0.05) is 56.1 Å². The van der Waals surface area contributed by atoms with Crippen LogP contribution in [0.15, 0.2) is 68.2 Å². The third-order valence-corrected chi connectivity index (χ3v) is 9.12. The van der Waals surface area contributed by atoms with Crippen LogP contribution in [0.3, 0.4) is 0 Å². The Kier molecular flexibility index (Phi) is 11.1. The predicted octanol–water partition coefficient (Wildman–Crippen LogP) is 8.87. The Morgan fingerprint density at radius 2 is 0.978 bits per heavy atom. The van der Waals surface area contributed by atoms with Crippen LogP contribution in [0, 0.1) is 0 Å². The number of esters is 2. The molecule has 2 aromatic carbocycles. The highest BCUT2D eigenvalue weighted by molar-refractivity contribution is 9.10. The van der Waals surface area contributed by atoms with E-state index in [-0.39, 0.29) is 35.5 Å². The number of anilines is 2. The van der Waals surface area contributed by atoms with Gasteiger partial charge in [0.05, 0.1) is 13.2 Å². The lowest BCUT2D eigenvalue weighted by Gasteiger charge is -2.24. The second-order valence-electron chi connectivity index (χ2n) is 9.22. The van der Waals surface area contributed by atoms with Crippen LogP contribution in [0.2, 0.25) is 0 Å². The second kappa shape index (κ2) is 14.4. The zero-order valence-corrected chi connectivity index (χ0v) is 28.5. The maximum Gasteiger partial charge on any atom is 0.396 e. The molecule has 46 heavy (non-hydrogen) atoms. The first-order valence-electron chi connectivity index (χ1n) is 13.2. The van der Waals surface area contributed by atoms with Crippen molar-refractivity contribution in [2.45, 2.75) is 25.7 Å². The summed E-state index contributed by atoms with van der Waals surface area (Å²) >= 11 is 7.81. The van der Waals surface area contributed by atoms with Crippen LogP contribution in [-0.4, -0.2) is 48.8 Å². The summed E-state index contributed by atoms with van der Waals surface area (Å²) in [7, 11) is 0. The molecule has 16 heteroatoms.